The van der Waals surface area contributed by atoms with Crippen LogP contribution in [0.3, 0.4) is 0 Å². The van der Waals surface area contributed by atoms with Gasteiger partial charge in [-0.2, -0.15) is 0 Å². The Kier molecular flexibility index (Phi) is 10.9. The summed E-state index contributed by atoms with van der Waals surface area (Å²) in [6, 6.07) is 26.2. The normalized spacial score (nSPS) is 15.1. The average molecular weight is 832 g/mol. The molecule has 0 radical (unpaired) electrons. The number of nitrogens with zero attached hydrogens (tertiary/aromatic N) is 9. The van der Waals surface area contributed by atoms with Crippen molar-refractivity contribution in [3.8, 4) is 22.5 Å². The van der Waals surface area contributed by atoms with E-state index in [1.807, 2.05) is 48.5 Å². The standard InChI is InChI=1S/C26H21N5O3.C19H16N4O5/c32-25-19-7-6-18(14-20(19)26(33)31(25)15-17-4-2-1-3-5-17)21-8-9-22-23(29-21)24(28-16-27-22)30-10-12-34-13-11-30;24-18(25)12-2-1-11(9-13(12)19(26)27)14-3-4-15-16(22-14)17(21-10-20-15)23-5-7-28-8-6-23/h1-9,14,16H,10-13,15H2;1-4,9-10H,5-8H2,(H,24,25)(H,26,27). The van der Waals surface area contributed by atoms with Crippen LogP contribution in [0.25, 0.3) is 44.6 Å². The summed E-state index contributed by atoms with van der Waals surface area (Å²) in [6.07, 6.45) is 3.04. The minimum Gasteiger partial charge on any atom is -0.478 e. The summed E-state index contributed by atoms with van der Waals surface area (Å²) >= 11 is 0. The van der Waals surface area contributed by atoms with E-state index in [1.165, 1.54) is 23.4 Å². The molecule has 0 bridgehead atoms. The molecule has 2 amide bonds. The number of pyridine rings is 2. The van der Waals surface area contributed by atoms with Gasteiger partial charge in [0.1, 0.15) is 23.7 Å². The first-order chi connectivity index (χ1) is 30.2. The molecule has 3 aromatic carbocycles. The van der Waals surface area contributed by atoms with Crippen LogP contribution in [0.5, 0.6) is 0 Å². The van der Waals surface area contributed by atoms with E-state index >= 15 is 0 Å². The number of fused-ring (bicyclic) bond motifs is 3. The third kappa shape index (κ3) is 7.84. The second-order valence-electron chi connectivity index (χ2n) is 14.5. The van der Waals surface area contributed by atoms with Crippen molar-refractivity contribution < 1.29 is 38.9 Å². The number of carboxylic acid groups (broad SMARTS) is 2. The Bertz CT molecular complexity index is 2880. The molecular weight excluding hydrogens is 795 g/mol. The Morgan fingerprint density at radius 2 is 1.08 bits per heavy atom. The Balaban J connectivity index is 0.000000161. The first-order valence-electron chi connectivity index (χ1n) is 19.8. The zero-order chi connectivity index (χ0) is 42.7. The van der Waals surface area contributed by atoms with Crippen molar-refractivity contribution in [3.63, 3.8) is 0 Å². The molecule has 62 heavy (non-hydrogen) atoms. The van der Waals surface area contributed by atoms with Crippen LogP contribution < -0.4 is 9.80 Å². The quantitative estimate of drug-likeness (QED) is 0.187. The van der Waals surface area contributed by atoms with Crippen LogP contribution >= 0.6 is 0 Å². The summed E-state index contributed by atoms with van der Waals surface area (Å²) < 4.78 is 10.8. The highest BCUT2D eigenvalue weighted by atomic mass is 16.5. The highest BCUT2D eigenvalue weighted by Gasteiger charge is 2.36. The summed E-state index contributed by atoms with van der Waals surface area (Å²) in [4.78, 5) is 81.2. The maximum absolute atomic E-state index is 13.1. The largest absolute Gasteiger partial charge is 0.478 e. The van der Waals surface area contributed by atoms with Crippen LogP contribution in [0, 0.1) is 0 Å². The van der Waals surface area contributed by atoms with Gasteiger partial charge in [-0.1, -0.05) is 42.5 Å². The van der Waals surface area contributed by atoms with Gasteiger partial charge in [-0.15, -0.1) is 0 Å². The maximum Gasteiger partial charge on any atom is 0.336 e. The number of carbonyl (C=O) groups is 4. The molecule has 0 saturated carbocycles. The van der Waals surface area contributed by atoms with E-state index in [2.05, 4.69) is 34.7 Å². The third-order valence-electron chi connectivity index (χ3n) is 10.8. The van der Waals surface area contributed by atoms with E-state index < -0.39 is 11.9 Å². The number of imide groups is 1. The van der Waals surface area contributed by atoms with Gasteiger partial charge in [0.2, 0.25) is 0 Å². The van der Waals surface area contributed by atoms with Crippen molar-refractivity contribution in [3.05, 3.63) is 131 Å². The third-order valence-corrected chi connectivity index (χ3v) is 10.8. The fraction of sp³-hybridized carbons (Fsp3) is 0.200. The van der Waals surface area contributed by atoms with Gasteiger partial charge in [0.15, 0.2) is 11.6 Å². The molecule has 7 aromatic rings. The molecule has 3 aliphatic heterocycles. The number of carbonyl (C=O) groups excluding carboxylic acids is 2. The SMILES string of the molecule is O=C(O)c1ccc(-c2ccc3ncnc(N4CCOCC4)c3n2)cc1C(=O)O.O=C1c2ccc(-c3ccc4ncnc(N5CCOCC5)c4n3)cc2C(=O)N1Cc1ccccc1. The predicted molar refractivity (Wildman–Crippen MR) is 226 cm³/mol. The first kappa shape index (κ1) is 39.7. The molecule has 17 heteroatoms. The lowest BCUT2D eigenvalue weighted by Crippen LogP contribution is -2.37. The Hall–Kier alpha value is -7.76. The minimum atomic E-state index is -1.31. The first-order valence-corrected chi connectivity index (χ1v) is 19.8. The Morgan fingerprint density at radius 3 is 1.63 bits per heavy atom. The van der Waals surface area contributed by atoms with E-state index in [1.54, 1.807) is 36.7 Å². The number of aromatic carboxylic acids is 2. The fourth-order valence-electron chi connectivity index (χ4n) is 7.62. The minimum absolute atomic E-state index is 0.247. The van der Waals surface area contributed by atoms with E-state index in [0.717, 1.165) is 35.6 Å². The molecular formula is C45H37N9O8. The van der Waals surface area contributed by atoms with Crippen LogP contribution in [0.1, 0.15) is 47.0 Å². The molecule has 0 aliphatic carbocycles. The van der Waals surface area contributed by atoms with E-state index in [4.69, 9.17) is 14.5 Å². The van der Waals surface area contributed by atoms with Gasteiger partial charge in [0, 0.05) is 37.3 Å². The summed E-state index contributed by atoms with van der Waals surface area (Å²) in [5.41, 5.74) is 6.36. The molecule has 4 aromatic heterocycles. The number of anilines is 2. The van der Waals surface area contributed by atoms with E-state index in [-0.39, 0.29) is 29.5 Å². The summed E-state index contributed by atoms with van der Waals surface area (Å²) in [5.74, 6) is -1.70. The smallest absolute Gasteiger partial charge is 0.336 e. The van der Waals surface area contributed by atoms with Crippen LogP contribution in [-0.4, -0.2) is 121 Å². The molecule has 0 unspecified atom stereocenters. The number of benzene rings is 3. The molecule has 3 aliphatic rings. The van der Waals surface area contributed by atoms with Crippen molar-refractivity contribution in [2.24, 2.45) is 0 Å². The van der Waals surface area contributed by atoms with E-state index in [0.29, 0.717) is 90.0 Å². The Labute approximate surface area is 353 Å². The fourth-order valence-corrected chi connectivity index (χ4v) is 7.62. The monoisotopic (exact) mass is 831 g/mol. The molecule has 2 saturated heterocycles. The number of hydrogen-bond donors (Lipinski definition) is 2. The summed E-state index contributed by atoms with van der Waals surface area (Å²) in [5, 5.41) is 18.5. The number of rotatable bonds is 8. The number of ether oxygens (including phenoxy) is 2. The van der Waals surface area contributed by atoms with Gasteiger partial charge in [-0.05, 0) is 54.1 Å². The second-order valence-corrected chi connectivity index (χ2v) is 14.5. The van der Waals surface area contributed by atoms with Gasteiger partial charge in [0.25, 0.3) is 11.8 Å². The van der Waals surface area contributed by atoms with Crippen LogP contribution in [0.2, 0.25) is 0 Å². The van der Waals surface area contributed by atoms with E-state index in [9.17, 15) is 29.4 Å². The number of carboxylic acids is 2. The molecule has 0 spiro atoms. The van der Waals surface area contributed by atoms with Crippen molar-refractivity contribution in [2.75, 3.05) is 62.4 Å². The molecule has 2 fully saturated rings. The van der Waals surface area contributed by atoms with Crippen molar-refractivity contribution in [1.82, 2.24) is 34.8 Å². The molecule has 10 rings (SSSR count). The van der Waals surface area contributed by atoms with Crippen LogP contribution in [0.4, 0.5) is 11.6 Å². The summed E-state index contributed by atoms with van der Waals surface area (Å²) in [7, 11) is 0. The molecule has 7 heterocycles. The lowest BCUT2D eigenvalue weighted by Gasteiger charge is -2.28. The molecule has 0 atom stereocenters. The van der Waals surface area contributed by atoms with Gasteiger partial charge in [0.05, 0.1) is 77.6 Å². The van der Waals surface area contributed by atoms with Crippen LogP contribution in [0.15, 0.2) is 104 Å². The zero-order valence-corrected chi connectivity index (χ0v) is 33.0. The zero-order valence-electron chi connectivity index (χ0n) is 33.0. The topological polar surface area (TPSA) is 214 Å². The number of amides is 2. The molecule has 17 nitrogen and oxygen atoms in total. The average Bonchev–Trinajstić information content (AvgIpc) is 3.55. The van der Waals surface area contributed by atoms with Crippen molar-refractivity contribution in [1.29, 1.82) is 0 Å². The number of aromatic nitrogens is 6. The van der Waals surface area contributed by atoms with Crippen molar-refractivity contribution >= 4 is 57.5 Å². The summed E-state index contributed by atoms with van der Waals surface area (Å²) in [6.45, 7) is 5.60. The maximum atomic E-state index is 13.1. The molecule has 310 valence electrons. The molecule has 2 N–H and O–H groups in total. The predicted octanol–water partition coefficient (Wildman–Crippen LogP) is 5.25. The highest BCUT2D eigenvalue weighted by molar-refractivity contribution is 6.21. The van der Waals surface area contributed by atoms with Gasteiger partial charge >= 0.3 is 11.9 Å². The van der Waals surface area contributed by atoms with Crippen molar-refractivity contribution in [2.45, 2.75) is 6.54 Å². The van der Waals surface area contributed by atoms with Gasteiger partial charge < -0.3 is 29.5 Å². The van der Waals surface area contributed by atoms with Gasteiger partial charge in [-0.25, -0.2) is 39.5 Å². The Morgan fingerprint density at radius 1 is 0.565 bits per heavy atom. The number of hydrogen-bond acceptors (Lipinski definition) is 14. The lowest BCUT2D eigenvalue weighted by atomic mass is 10.0. The van der Waals surface area contributed by atoms with Crippen LogP contribution in [-0.2, 0) is 16.0 Å². The van der Waals surface area contributed by atoms with Gasteiger partial charge in [-0.3, -0.25) is 14.5 Å². The highest BCUT2D eigenvalue weighted by Crippen LogP contribution is 2.32. The number of morpholine rings is 2. The second kappa shape index (κ2) is 17.1. The lowest BCUT2D eigenvalue weighted by molar-refractivity contribution is 0.0639.